The fourth-order valence-electron chi connectivity index (χ4n) is 2.75. The van der Waals surface area contributed by atoms with Gasteiger partial charge >= 0.3 is 5.97 Å². The van der Waals surface area contributed by atoms with Crippen molar-refractivity contribution in [2.45, 2.75) is 6.92 Å². The van der Waals surface area contributed by atoms with Crippen molar-refractivity contribution >= 4 is 39.1 Å². The minimum absolute atomic E-state index is 0.109. The van der Waals surface area contributed by atoms with Crippen LogP contribution in [0.4, 0.5) is 0 Å². The summed E-state index contributed by atoms with van der Waals surface area (Å²) in [6, 6.07) is 8.00. The third-order valence-corrected chi connectivity index (χ3v) is 4.50. The summed E-state index contributed by atoms with van der Waals surface area (Å²) in [5, 5.41) is 0. The van der Waals surface area contributed by atoms with Crippen molar-refractivity contribution in [2.75, 3.05) is 0 Å². The molecule has 1 heterocycles. The van der Waals surface area contributed by atoms with Crippen LogP contribution in [-0.2, 0) is 4.79 Å². The Morgan fingerprint density at radius 2 is 1.87 bits per heavy atom. The van der Waals surface area contributed by atoms with Gasteiger partial charge in [0, 0.05) is 23.6 Å². The Hall–Kier alpha value is -2.86. The summed E-state index contributed by atoms with van der Waals surface area (Å²) in [4.78, 5) is 41.0. The van der Waals surface area contributed by atoms with E-state index in [9.17, 15) is 14.4 Å². The van der Waals surface area contributed by atoms with E-state index in [0.29, 0.717) is 16.6 Å². The SMILES string of the molecule is CC(=O)Oc1cccc2c1C(=O)c1cc3ncsc3cc1C2=O. The van der Waals surface area contributed by atoms with Crippen LogP contribution in [0.5, 0.6) is 5.75 Å². The summed E-state index contributed by atoms with van der Waals surface area (Å²) in [6.07, 6.45) is 0. The van der Waals surface area contributed by atoms with E-state index < -0.39 is 5.97 Å². The summed E-state index contributed by atoms with van der Waals surface area (Å²) >= 11 is 1.41. The number of nitrogens with zero attached hydrogens (tertiary/aromatic N) is 1. The van der Waals surface area contributed by atoms with Gasteiger partial charge in [-0.15, -0.1) is 11.3 Å². The minimum Gasteiger partial charge on any atom is -0.426 e. The number of thiazole rings is 1. The normalized spacial score (nSPS) is 12.9. The van der Waals surface area contributed by atoms with Gasteiger partial charge in [-0.25, -0.2) is 4.98 Å². The summed E-state index contributed by atoms with van der Waals surface area (Å²) in [5.74, 6) is -1.02. The molecule has 0 aliphatic heterocycles. The number of carbonyl (C=O) groups excluding carboxylic acids is 3. The van der Waals surface area contributed by atoms with Crippen molar-refractivity contribution in [1.82, 2.24) is 4.98 Å². The standard InChI is InChI=1S/C17H9NO4S/c1-8(19)22-13-4-2-3-9-15(13)17(21)10-5-12-14(23-7-18-12)6-11(10)16(9)20/h2-7H,1H3. The number of ketones is 2. The van der Waals surface area contributed by atoms with Gasteiger partial charge in [0.05, 0.1) is 21.3 Å². The number of ether oxygens (including phenoxy) is 1. The second-order valence-corrected chi connectivity index (χ2v) is 6.03. The molecule has 0 radical (unpaired) electrons. The fraction of sp³-hybridized carbons (Fsp3) is 0.0588. The molecule has 23 heavy (non-hydrogen) atoms. The first-order chi connectivity index (χ1) is 11.1. The molecule has 0 spiro atoms. The highest BCUT2D eigenvalue weighted by molar-refractivity contribution is 7.16. The molecular formula is C17H9NO4S. The minimum atomic E-state index is -0.542. The van der Waals surface area contributed by atoms with Crippen molar-refractivity contribution in [1.29, 1.82) is 0 Å². The quantitative estimate of drug-likeness (QED) is 0.398. The number of hydrogen-bond donors (Lipinski definition) is 0. The molecule has 1 aliphatic carbocycles. The van der Waals surface area contributed by atoms with Gasteiger partial charge in [0.25, 0.3) is 0 Å². The highest BCUT2D eigenvalue weighted by Crippen LogP contribution is 2.35. The van der Waals surface area contributed by atoms with Crippen molar-refractivity contribution in [2.24, 2.45) is 0 Å². The zero-order chi connectivity index (χ0) is 16.1. The Balaban J connectivity index is 1.99. The maximum absolute atomic E-state index is 12.9. The van der Waals surface area contributed by atoms with Gasteiger partial charge in [0.1, 0.15) is 5.75 Å². The van der Waals surface area contributed by atoms with E-state index in [-0.39, 0.29) is 28.4 Å². The van der Waals surface area contributed by atoms with Crippen molar-refractivity contribution < 1.29 is 19.1 Å². The third-order valence-electron chi connectivity index (χ3n) is 3.71. The first-order valence-electron chi connectivity index (χ1n) is 6.84. The van der Waals surface area contributed by atoms with Crippen LogP contribution < -0.4 is 4.74 Å². The lowest BCUT2D eigenvalue weighted by Gasteiger charge is -2.19. The van der Waals surface area contributed by atoms with Crippen LogP contribution in [0.25, 0.3) is 10.2 Å². The molecule has 1 aliphatic rings. The molecule has 0 fully saturated rings. The summed E-state index contributed by atoms with van der Waals surface area (Å²) < 4.78 is 5.94. The van der Waals surface area contributed by atoms with E-state index in [2.05, 4.69) is 4.98 Å². The van der Waals surface area contributed by atoms with Crippen LogP contribution in [0.2, 0.25) is 0 Å². The monoisotopic (exact) mass is 323 g/mol. The van der Waals surface area contributed by atoms with Crippen molar-refractivity contribution in [3.05, 3.63) is 58.1 Å². The topological polar surface area (TPSA) is 73.3 Å². The van der Waals surface area contributed by atoms with E-state index >= 15 is 0 Å². The number of hydrogen-bond acceptors (Lipinski definition) is 6. The smallest absolute Gasteiger partial charge is 0.308 e. The van der Waals surface area contributed by atoms with Gasteiger partial charge in [0.2, 0.25) is 0 Å². The lowest BCUT2D eigenvalue weighted by atomic mass is 9.83. The van der Waals surface area contributed by atoms with E-state index in [0.717, 1.165) is 4.70 Å². The van der Waals surface area contributed by atoms with Crippen molar-refractivity contribution in [3.8, 4) is 5.75 Å². The molecule has 5 nitrogen and oxygen atoms in total. The fourth-order valence-corrected chi connectivity index (χ4v) is 3.45. The van der Waals surface area contributed by atoms with E-state index in [1.165, 1.54) is 24.3 Å². The molecule has 4 rings (SSSR count). The zero-order valence-electron chi connectivity index (χ0n) is 12.0. The number of fused-ring (bicyclic) bond motifs is 3. The first kappa shape index (κ1) is 13.8. The third kappa shape index (κ3) is 1.99. The Labute approximate surface area is 134 Å². The van der Waals surface area contributed by atoms with E-state index in [1.54, 1.807) is 29.8 Å². The second kappa shape index (κ2) is 4.82. The number of rotatable bonds is 1. The predicted molar refractivity (Wildman–Crippen MR) is 84.2 cm³/mol. The van der Waals surface area contributed by atoms with Gasteiger partial charge in [-0.2, -0.15) is 0 Å². The maximum atomic E-state index is 12.9. The lowest BCUT2D eigenvalue weighted by molar-refractivity contribution is -0.131. The largest absolute Gasteiger partial charge is 0.426 e. The van der Waals surface area contributed by atoms with Gasteiger partial charge in [-0.05, 0) is 18.2 Å². The van der Waals surface area contributed by atoms with Gasteiger partial charge < -0.3 is 4.74 Å². The van der Waals surface area contributed by atoms with Crippen LogP contribution in [-0.4, -0.2) is 22.5 Å². The molecule has 0 amide bonds. The van der Waals surface area contributed by atoms with Crippen LogP contribution in [0.3, 0.4) is 0 Å². The number of aromatic nitrogens is 1. The van der Waals surface area contributed by atoms with Crippen LogP contribution in [0.1, 0.15) is 38.8 Å². The van der Waals surface area contributed by atoms with Crippen molar-refractivity contribution in [3.63, 3.8) is 0 Å². The highest BCUT2D eigenvalue weighted by Gasteiger charge is 2.33. The maximum Gasteiger partial charge on any atom is 0.308 e. The van der Waals surface area contributed by atoms with Gasteiger partial charge in [0.15, 0.2) is 11.6 Å². The van der Waals surface area contributed by atoms with Gasteiger partial charge in [-0.1, -0.05) is 12.1 Å². The lowest BCUT2D eigenvalue weighted by Crippen LogP contribution is -2.22. The highest BCUT2D eigenvalue weighted by atomic mass is 32.1. The molecule has 1 aromatic heterocycles. The van der Waals surface area contributed by atoms with E-state index in [1.807, 2.05) is 0 Å². The Morgan fingerprint density at radius 3 is 2.65 bits per heavy atom. The Morgan fingerprint density at radius 1 is 1.09 bits per heavy atom. The number of esters is 1. The first-order valence-corrected chi connectivity index (χ1v) is 7.72. The molecule has 0 saturated carbocycles. The molecule has 0 atom stereocenters. The summed E-state index contributed by atoms with van der Waals surface area (Å²) in [7, 11) is 0. The molecule has 0 bridgehead atoms. The average molecular weight is 323 g/mol. The summed E-state index contributed by atoms with van der Waals surface area (Å²) in [6.45, 7) is 1.25. The Bertz CT molecular complexity index is 1020. The Kier molecular flexibility index (Phi) is 2.89. The molecule has 2 aromatic carbocycles. The van der Waals surface area contributed by atoms with Crippen LogP contribution in [0.15, 0.2) is 35.8 Å². The number of carbonyl (C=O) groups is 3. The molecule has 0 N–H and O–H groups in total. The van der Waals surface area contributed by atoms with Crippen LogP contribution >= 0.6 is 11.3 Å². The van der Waals surface area contributed by atoms with Crippen LogP contribution in [0, 0.1) is 0 Å². The zero-order valence-corrected chi connectivity index (χ0v) is 12.8. The molecular weight excluding hydrogens is 314 g/mol. The molecule has 6 heteroatoms. The average Bonchev–Trinajstić information content (AvgIpc) is 2.98. The van der Waals surface area contributed by atoms with E-state index in [4.69, 9.17) is 4.74 Å². The molecule has 112 valence electrons. The molecule has 0 saturated heterocycles. The molecule has 0 unspecified atom stereocenters. The summed E-state index contributed by atoms with van der Waals surface area (Å²) in [5.41, 5.74) is 3.38. The number of benzene rings is 2. The van der Waals surface area contributed by atoms with Gasteiger partial charge in [-0.3, -0.25) is 14.4 Å². The molecule has 3 aromatic rings. The predicted octanol–water partition coefficient (Wildman–Crippen LogP) is 3.00. The second-order valence-electron chi connectivity index (χ2n) is 5.15.